The van der Waals surface area contributed by atoms with Gasteiger partial charge < -0.3 is 28.8 Å². The minimum absolute atomic E-state index is 0.00478. The molecule has 3 unspecified atom stereocenters. The molecule has 1 amide bonds. The van der Waals surface area contributed by atoms with E-state index in [1.807, 2.05) is 27.2 Å². The van der Waals surface area contributed by atoms with Crippen molar-refractivity contribution in [2.45, 2.75) is 174 Å². The van der Waals surface area contributed by atoms with Gasteiger partial charge in [-0.05, 0) is 32.1 Å². The normalized spacial score (nSPS) is 15.0. The van der Waals surface area contributed by atoms with Crippen LogP contribution in [-0.2, 0) is 18.4 Å². The molecule has 278 valence electrons. The Morgan fingerprint density at radius 2 is 1.19 bits per heavy atom. The van der Waals surface area contributed by atoms with Crippen LogP contribution in [0.15, 0.2) is 24.3 Å². The summed E-state index contributed by atoms with van der Waals surface area (Å²) in [5.41, 5.74) is 0. The maximum atomic E-state index is 12.7. The number of rotatable bonds is 34. The Balaban J connectivity index is 4.60. The average molecular weight is 687 g/mol. The summed E-state index contributed by atoms with van der Waals surface area (Å²) in [6.07, 6.45) is 33.6. The third-order valence-corrected chi connectivity index (χ3v) is 9.38. The van der Waals surface area contributed by atoms with Crippen molar-refractivity contribution >= 4 is 13.7 Å². The van der Waals surface area contributed by atoms with Gasteiger partial charge in [-0.2, -0.15) is 0 Å². The van der Waals surface area contributed by atoms with E-state index >= 15 is 0 Å². The number of carbonyl (C=O) groups excluding carboxylic acids is 1. The van der Waals surface area contributed by atoms with Gasteiger partial charge in [0.15, 0.2) is 0 Å². The zero-order valence-electron chi connectivity index (χ0n) is 31.2. The second-order valence-electron chi connectivity index (χ2n) is 14.3. The molecule has 0 aromatic carbocycles. The van der Waals surface area contributed by atoms with Crippen LogP contribution in [-0.4, -0.2) is 68.5 Å². The maximum Gasteiger partial charge on any atom is 0.268 e. The molecular weight excluding hydrogens is 611 g/mol. The average Bonchev–Trinajstić information content (AvgIpc) is 3.01. The molecule has 47 heavy (non-hydrogen) atoms. The van der Waals surface area contributed by atoms with Crippen LogP contribution in [0.2, 0.25) is 0 Å². The van der Waals surface area contributed by atoms with Crippen LogP contribution in [0.4, 0.5) is 0 Å². The van der Waals surface area contributed by atoms with Crippen LogP contribution >= 0.6 is 7.82 Å². The van der Waals surface area contributed by atoms with Crippen molar-refractivity contribution in [3.8, 4) is 0 Å². The number of likely N-dealkylation sites (N-methyl/N-ethyl adjacent to an activating group) is 1. The standard InChI is InChI=1S/C38H75N2O6P/c1-6-8-10-12-14-16-18-19-20-22-23-25-27-29-31-37(41)36(35-46-47(43,44)45-34-33-40(3,4)5)39-38(42)32-30-28-26-24-21-17-15-13-11-9-7-2/h22-23,29,31,36-37,41H,6-21,24-28,30,32-35H2,1-5H3,(H-,39,42,43,44)/b23-22+,31-29+. The van der Waals surface area contributed by atoms with Gasteiger partial charge in [-0.15, -0.1) is 0 Å². The zero-order valence-corrected chi connectivity index (χ0v) is 32.1. The molecule has 8 nitrogen and oxygen atoms in total. The van der Waals surface area contributed by atoms with Gasteiger partial charge in [-0.1, -0.05) is 147 Å². The number of hydrogen-bond donors (Lipinski definition) is 2. The first-order chi connectivity index (χ1) is 22.5. The van der Waals surface area contributed by atoms with E-state index in [2.05, 4.69) is 31.3 Å². The molecular formula is C38H75N2O6P. The lowest BCUT2D eigenvalue weighted by molar-refractivity contribution is -0.870. The summed E-state index contributed by atoms with van der Waals surface area (Å²) in [6, 6.07) is -0.895. The Morgan fingerprint density at radius 1 is 0.723 bits per heavy atom. The van der Waals surface area contributed by atoms with Crippen molar-refractivity contribution in [1.82, 2.24) is 5.32 Å². The first kappa shape index (κ1) is 46.0. The van der Waals surface area contributed by atoms with Gasteiger partial charge in [0.2, 0.25) is 5.91 Å². The summed E-state index contributed by atoms with van der Waals surface area (Å²) < 4.78 is 23.0. The summed E-state index contributed by atoms with van der Waals surface area (Å²) in [5, 5.41) is 13.7. The Hall–Kier alpha value is -1.02. The number of hydrogen-bond acceptors (Lipinski definition) is 6. The Bertz CT molecular complexity index is 829. The third kappa shape index (κ3) is 33.3. The molecule has 0 radical (unpaired) electrons. The number of aliphatic hydroxyl groups is 1. The van der Waals surface area contributed by atoms with Gasteiger partial charge in [0.1, 0.15) is 13.2 Å². The second-order valence-corrected chi connectivity index (χ2v) is 15.7. The van der Waals surface area contributed by atoms with E-state index < -0.39 is 20.0 Å². The summed E-state index contributed by atoms with van der Waals surface area (Å²) >= 11 is 0. The van der Waals surface area contributed by atoms with Crippen LogP contribution in [0, 0.1) is 0 Å². The monoisotopic (exact) mass is 687 g/mol. The van der Waals surface area contributed by atoms with Crippen LogP contribution < -0.4 is 10.2 Å². The van der Waals surface area contributed by atoms with E-state index in [4.69, 9.17) is 9.05 Å². The third-order valence-electron chi connectivity index (χ3n) is 8.41. The van der Waals surface area contributed by atoms with Gasteiger partial charge in [-0.25, -0.2) is 0 Å². The van der Waals surface area contributed by atoms with E-state index in [1.165, 1.54) is 103 Å². The summed E-state index contributed by atoms with van der Waals surface area (Å²) in [5.74, 6) is -0.211. The molecule has 0 aromatic heterocycles. The summed E-state index contributed by atoms with van der Waals surface area (Å²) in [7, 11) is 1.24. The molecule has 0 bridgehead atoms. The molecule has 9 heteroatoms. The zero-order chi connectivity index (χ0) is 35.1. The highest BCUT2D eigenvalue weighted by Gasteiger charge is 2.23. The predicted octanol–water partition coefficient (Wildman–Crippen LogP) is 9.16. The number of allylic oxidation sites excluding steroid dienone is 3. The highest BCUT2D eigenvalue weighted by molar-refractivity contribution is 7.45. The van der Waals surface area contributed by atoms with Crippen LogP contribution in [0.5, 0.6) is 0 Å². The van der Waals surface area contributed by atoms with E-state index in [1.54, 1.807) is 6.08 Å². The molecule has 0 aliphatic carbocycles. The maximum absolute atomic E-state index is 12.7. The number of unbranched alkanes of at least 4 members (excludes halogenated alkanes) is 19. The van der Waals surface area contributed by atoms with Crippen LogP contribution in [0.25, 0.3) is 0 Å². The predicted molar refractivity (Wildman–Crippen MR) is 196 cm³/mol. The number of quaternary nitrogens is 1. The van der Waals surface area contributed by atoms with E-state index in [0.717, 1.165) is 38.5 Å². The van der Waals surface area contributed by atoms with Crippen LogP contribution in [0.3, 0.4) is 0 Å². The molecule has 0 fully saturated rings. The molecule has 0 spiro atoms. The fourth-order valence-corrected chi connectivity index (χ4v) is 6.01. The van der Waals surface area contributed by atoms with E-state index in [-0.39, 0.29) is 19.1 Å². The van der Waals surface area contributed by atoms with Crippen molar-refractivity contribution in [3.63, 3.8) is 0 Å². The number of amides is 1. The number of phosphoric ester groups is 1. The molecule has 2 N–H and O–H groups in total. The number of aliphatic hydroxyl groups excluding tert-OH is 1. The van der Waals surface area contributed by atoms with Gasteiger partial charge >= 0.3 is 0 Å². The molecule has 3 atom stereocenters. The van der Waals surface area contributed by atoms with Crippen LogP contribution in [0.1, 0.15) is 162 Å². The molecule has 0 aliphatic rings. The molecule has 0 heterocycles. The fourth-order valence-electron chi connectivity index (χ4n) is 5.28. The van der Waals surface area contributed by atoms with Gasteiger partial charge in [-0.3, -0.25) is 9.36 Å². The van der Waals surface area contributed by atoms with Crippen molar-refractivity contribution in [1.29, 1.82) is 0 Å². The number of phosphoric acid groups is 1. The SMILES string of the molecule is CCCCCCCCCC/C=C/CC/C=C/C(O)C(COP(=O)([O-])OCC[N+](C)(C)C)NC(=O)CCCCCCCCCCCCC. The molecule has 0 aromatic rings. The molecule has 0 aliphatic heterocycles. The van der Waals surface area contributed by atoms with Crippen molar-refractivity contribution < 1.29 is 32.9 Å². The van der Waals surface area contributed by atoms with E-state index in [9.17, 15) is 19.4 Å². The topological polar surface area (TPSA) is 108 Å². The number of nitrogens with one attached hydrogen (secondary N) is 1. The fraction of sp³-hybridized carbons (Fsp3) is 0.868. The molecule has 0 saturated heterocycles. The lowest BCUT2D eigenvalue weighted by Crippen LogP contribution is -2.45. The van der Waals surface area contributed by atoms with Crippen molar-refractivity contribution in [2.24, 2.45) is 0 Å². The van der Waals surface area contributed by atoms with Gasteiger partial charge in [0.25, 0.3) is 7.82 Å². The minimum atomic E-state index is -4.58. The minimum Gasteiger partial charge on any atom is -0.756 e. The van der Waals surface area contributed by atoms with Gasteiger partial charge in [0.05, 0.1) is 39.9 Å². The number of carbonyl (C=O) groups is 1. The molecule has 0 rings (SSSR count). The second kappa shape index (κ2) is 31.0. The lowest BCUT2D eigenvalue weighted by atomic mass is 10.0. The highest BCUT2D eigenvalue weighted by atomic mass is 31.2. The Kier molecular flexibility index (Phi) is 30.3. The molecule has 0 saturated carbocycles. The summed E-state index contributed by atoms with van der Waals surface area (Å²) in [4.78, 5) is 25.1. The smallest absolute Gasteiger partial charge is 0.268 e. The Morgan fingerprint density at radius 3 is 1.72 bits per heavy atom. The largest absolute Gasteiger partial charge is 0.756 e. The first-order valence-electron chi connectivity index (χ1n) is 19.2. The Labute approximate surface area is 290 Å². The quantitative estimate of drug-likeness (QED) is 0.0303. The van der Waals surface area contributed by atoms with E-state index in [0.29, 0.717) is 17.4 Å². The highest BCUT2D eigenvalue weighted by Crippen LogP contribution is 2.38. The van der Waals surface area contributed by atoms with Gasteiger partial charge in [0, 0.05) is 6.42 Å². The van der Waals surface area contributed by atoms with Crippen molar-refractivity contribution in [2.75, 3.05) is 40.9 Å². The lowest BCUT2D eigenvalue weighted by Gasteiger charge is -2.29. The van der Waals surface area contributed by atoms with Crippen molar-refractivity contribution in [3.05, 3.63) is 24.3 Å². The summed E-state index contributed by atoms with van der Waals surface area (Å²) in [6.45, 7) is 4.59. The first-order valence-corrected chi connectivity index (χ1v) is 20.7. The number of nitrogens with zero attached hydrogens (tertiary/aromatic N) is 1.